The van der Waals surface area contributed by atoms with Crippen molar-refractivity contribution >= 4 is 22.6 Å². The summed E-state index contributed by atoms with van der Waals surface area (Å²) in [6.07, 6.45) is -0.985. The van der Waals surface area contributed by atoms with E-state index in [1.165, 1.54) is 34.0 Å². The molecule has 0 spiro atoms. The lowest BCUT2D eigenvalue weighted by atomic mass is 10.0. The molecule has 4 aromatic rings. The van der Waals surface area contributed by atoms with Gasteiger partial charge in [-0.25, -0.2) is 4.98 Å². The number of aromatic nitrogens is 6. The summed E-state index contributed by atoms with van der Waals surface area (Å²) < 4.78 is 46.7. The number of pyridine rings is 1. The van der Waals surface area contributed by atoms with E-state index in [4.69, 9.17) is 0 Å². The van der Waals surface area contributed by atoms with Gasteiger partial charge in [-0.15, -0.1) is 23.4 Å². The van der Waals surface area contributed by atoms with Crippen molar-refractivity contribution in [1.29, 1.82) is 0 Å². The van der Waals surface area contributed by atoms with E-state index in [1.807, 2.05) is 7.05 Å². The van der Waals surface area contributed by atoms with Gasteiger partial charge in [-0.05, 0) is 25.2 Å². The highest BCUT2D eigenvalue weighted by atomic mass is 19.4. The Morgan fingerprint density at radius 1 is 1.05 bits per heavy atom. The van der Waals surface area contributed by atoms with Gasteiger partial charge >= 0.3 is 6.36 Å². The number of carbonyl (C=O) groups excluding carboxylic acids is 2. The fraction of sp³-hybridized carbons (Fsp3) is 0.333. The molecule has 1 aliphatic heterocycles. The summed E-state index contributed by atoms with van der Waals surface area (Å²) >= 11 is 0. The van der Waals surface area contributed by atoms with Crippen molar-refractivity contribution in [2.24, 2.45) is 0 Å². The van der Waals surface area contributed by atoms with Gasteiger partial charge in [0.25, 0.3) is 0 Å². The summed E-state index contributed by atoms with van der Waals surface area (Å²) in [5.74, 6) is -0.797. The average molecular weight is 528 g/mol. The largest absolute Gasteiger partial charge is 0.573 e. The van der Waals surface area contributed by atoms with Gasteiger partial charge in [0, 0.05) is 55.8 Å². The van der Waals surface area contributed by atoms with Crippen LogP contribution in [0.5, 0.6) is 5.75 Å². The second kappa shape index (κ2) is 10.2. The van der Waals surface area contributed by atoms with Crippen LogP contribution in [0.2, 0.25) is 0 Å². The third-order valence-corrected chi connectivity index (χ3v) is 6.17. The third-order valence-electron chi connectivity index (χ3n) is 6.17. The number of ketones is 1. The van der Waals surface area contributed by atoms with Crippen LogP contribution in [0.1, 0.15) is 16.1 Å². The Morgan fingerprint density at radius 3 is 2.50 bits per heavy atom. The van der Waals surface area contributed by atoms with Crippen LogP contribution in [0.4, 0.5) is 13.2 Å². The van der Waals surface area contributed by atoms with Crippen LogP contribution in [0, 0.1) is 0 Å². The van der Waals surface area contributed by atoms with Crippen molar-refractivity contribution in [3.8, 4) is 11.6 Å². The van der Waals surface area contributed by atoms with Crippen LogP contribution in [0.15, 0.2) is 49.2 Å². The maximum absolute atomic E-state index is 13.2. The first-order valence-electron chi connectivity index (χ1n) is 11.7. The Morgan fingerprint density at radius 2 is 1.79 bits per heavy atom. The summed E-state index contributed by atoms with van der Waals surface area (Å²) in [6.45, 7) is 2.66. The van der Waals surface area contributed by atoms with E-state index >= 15 is 0 Å². The molecule has 3 aromatic heterocycles. The van der Waals surface area contributed by atoms with Crippen molar-refractivity contribution in [3.63, 3.8) is 0 Å². The topological polar surface area (TPSA) is 111 Å². The summed E-state index contributed by atoms with van der Waals surface area (Å²) in [5.41, 5.74) is 0.281. The fourth-order valence-electron chi connectivity index (χ4n) is 4.19. The number of ether oxygens (including phenoxy) is 1. The van der Waals surface area contributed by atoms with Gasteiger partial charge in [0.15, 0.2) is 5.78 Å². The number of nitrogens with zero attached hydrogens (tertiary/aromatic N) is 8. The van der Waals surface area contributed by atoms with Gasteiger partial charge in [0.1, 0.15) is 36.5 Å². The molecule has 0 saturated carbocycles. The highest BCUT2D eigenvalue weighted by Crippen LogP contribution is 2.31. The predicted molar refractivity (Wildman–Crippen MR) is 128 cm³/mol. The van der Waals surface area contributed by atoms with Gasteiger partial charge in [0.05, 0.1) is 5.52 Å². The zero-order valence-electron chi connectivity index (χ0n) is 20.3. The molecule has 14 heteroatoms. The van der Waals surface area contributed by atoms with Crippen LogP contribution in [0.3, 0.4) is 0 Å². The minimum atomic E-state index is -4.97. The molecule has 5 rings (SSSR count). The normalized spacial score (nSPS) is 14.7. The second-order valence-electron chi connectivity index (χ2n) is 8.93. The highest BCUT2D eigenvalue weighted by molar-refractivity contribution is 5.97. The second-order valence-corrected chi connectivity index (χ2v) is 8.93. The number of alkyl halides is 3. The zero-order valence-corrected chi connectivity index (χ0v) is 20.3. The van der Waals surface area contributed by atoms with E-state index in [1.54, 1.807) is 23.2 Å². The molecule has 0 aliphatic carbocycles. The quantitative estimate of drug-likeness (QED) is 0.336. The van der Waals surface area contributed by atoms with Crippen molar-refractivity contribution < 1.29 is 27.5 Å². The predicted octanol–water partition coefficient (Wildman–Crippen LogP) is 2.11. The summed E-state index contributed by atoms with van der Waals surface area (Å²) in [6, 6.07) is 7.27. The first-order valence-corrected chi connectivity index (χ1v) is 11.7. The van der Waals surface area contributed by atoms with Crippen LogP contribution >= 0.6 is 0 Å². The van der Waals surface area contributed by atoms with Crippen molar-refractivity contribution in [3.05, 3.63) is 60.4 Å². The monoisotopic (exact) mass is 528 g/mol. The highest BCUT2D eigenvalue weighted by Gasteiger charge is 2.33. The standard InChI is InChI=1S/C24H23F3N8O3/c1-32-5-7-33(8-6-32)23(37)13-35-12-17-9-16(21(11-19(17)31-35)38-24(25,26)27)10-20(36)18-3-2-4-22(30-18)34-14-28-29-15-34/h2-4,9,11-12,14-15H,5-8,10,13H2,1H3. The lowest BCUT2D eigenvalue weighted by molar-refractivity contribution is -0.274. The van der Waals surface area contributed by atoms with E-state index in [-0.39, 0.29) is 29.2 Å². The van der Waals surface area contributed by atoms with Gasteiger partial charge in [0.2, 0.25) is 5.91 Å². The molecule has 38 heavy (non-hydrogen) atoms. The van der Waals surface area contributed by atoms with Crippen LogP contribution in [-0.4, -0.2) is 90.6 Å². The average Bonchev–Trinajstić information content (AvgIpc) is 3.54. The van der Waals surface area contributed by atoms with Gasteiger partial charge in [-0.1, -0.05) is 6.07 Å². The third kappa shape index (κ3) is 5.80. The molecule has 1 saturated heterocycles. The SMILES string of the molecule is CN1CCN(C(=O)Cn2cc3cc(CC(=O)c4cccc(-n5cnnc5)n4)c(OC(F)(F)F)cc3n2)CC1. The minimum absolute atomic E-state index is 0.0151. The van der Waals surface area contributed by atoms with Gasteiger partial charge in [-0.3, -0.25) is 18.8 Å². The number of piperazine rings is 1. The molecule has 0 bridgehead atoms. The number of likely N-dealkylation sites (N-methyl/N-ethyl adjacent to an activating group) is 1. The Hall–Kier alpha value is -4.33. The molecule has 198 valence electrons. The molecule has 0 radical (unpaired) electrons. The molecule has 4 heterocycles. The molecule has 1 amide bonds. The van der Waals surface area contributed by atoms with Gasteiger partial charge in [-0.2, -0.15) is 5.10 Å². The van der Waals surface area contributed by atoms with Crippen molar-refractivity contribution in [2.45, 2.75) is 19.3 Å². The first kappa shape index (κ1) is 25.3. The van der Waals surface area contributed by atoms with Crippen molar-refractivity contribution in [2.75, 3.05) is 33.2 Å². The molecule has 1 fully saturated rings. The number of hydrogen-bond acceptors (Lipinski definition) is 8. The number of fused-ring (bicyclic) bond motifs is 1. The molecular weight excluding hydrogens is 505 g/mol. The summed E-state index contributed by atoms with van der Waals surface area (Å²) in [4.78, 5) is 33.9. The van der Waals surface area contributed by atoms with E-state index in [0.29, 0.717) is 24.3 Å². The molecule has 1 aromatic carbocycles. The maximum Gasteiger partial charge on any atom is 0.573 e. The lowest BCUT2D eigenvalue weighted by Gasteiger charge is -2.32. The van der Waals surface area contributed by atoms with E-state index < -0.39 is 24.3 Å². The number of carbonyl (C=O) groups is 2. The van der Waals surface area contributed by atoms with Crippen LogP contribution < -0.4 is 4.74 Å². The summed E-state index contributed by atoms with van der Waals surface area (Å²) in [5, 5.41) is 12.1. The smallest absolute Gasteiger partial charge is 0.405 e. The van der Waals surface area contributed by atoms with E-state index in [9.17, 15) is 22.8 Å². The number of halogens is 3. The first-order chi connectivity index (χ1) is 18.1. The molecule has 0 unspecified atom stereocenters. The maximum atomic E-state index is 13.2. The van der Waals surface area contributed by atoms with Gasteiger partial charge < -0.3 is 14.5 Å². The Labute approximate surface area is 214 Å². The number of benzene rings is 1. The number of amides is 1. The Balaban J connectivity index is 1.40. The number of Topliss-reactive ketones (excluding diaryl/α,β-unsaturated/α-hetero) is 1. The molecule has 0 N–H and O–H groups in total. The van der Waals surface area contributed by atoms with E-state index in [2.05, 4.69) is 29.9 Å². The molecule has 11 nitrogen and oxygen atoms in total. The van der Waals surface area contributed by atoms with Crippen LogP contribution in [0.25, 0.3) is 16.7 Å². The molecular formula is C24H23F3N8O3. The molecule has 1 aliphatic rings. The van der Waals surface area contributed by atoms with E-state index in [0.717, 1.165) is 19.2 Å². The van der Waals surface area contributed by atoms with Crippen molar-refractivity contribution in [1.82, 2.24) is 39.3 Å². The lowest BCUT2D eigenvalue weighted by Crippen LogP contribution is -2.48. The Kier molecular flexibility index (Phi) is 6.80. The molecule has 0 atom stereocenters. The Bertz CT molecular complexity index is 1460. The fourth-order valence-corrected chi connectivity index (χ4v) is 4.19. The van der Waals surface area contributed by atoms with Crippen LogP contribution in [-0.2, 0) is 17.8 Å². The minimum Gasteiger partial charge on any atom is -0.405 e. The number of hydrogen-bond donors (Lipinski definition) is 0. The summed E-state index contributed by atoms with van der Waals surface area (Å²) in [7, 11) is 1.98. The number of rotatable bonds is 7. The zero-order chi connectivity index (χ0) is 26.9.